The number of hydrogen-bond acceptors (Lipinski definition) is 5. The van der Waals surface area contributed by atoms with Gasteiger partial charge >= 0.3 is 6.03 Å². The number of hydrogen-bond donors (Lipinski definition) is 3. The van der Waals surface area contributed by atoms with E-state index in [1.165, 1.54) is 0 Å². The van der Waals surface area contributed by atoms with E-state index < -0.39 is 18.5 Å². The maximum atomic E-state index is 13.0. The molecule has 11 heteroatoms. The third-order valence-corrected chi connectivity index (χ3v) is 6.76. The van der Waals surface area contributed by atoms with Crippen LogP contribution in [0.3, 0.4) is 0 Å². The normalized spacial score (nSPS) is 14.1. The van der Waals surface area contributed by atoms with E-state index in [4.69, 9.17) is 4.74 Å². The summed E-state index contributed by atoms with van der Waals surface area (Å²) in [6.45, 7) is 4.57. The number of morpholine rings is 1. The van der Waals surface area contributed by atoms with E-state index in [0.717, 1.165) is 67.6 Å². The molecular formula is C30H32F2N6O3. The van der Waals surface area contributed by atoms with E-state index in [0.29, 0.717) is 17.8 Å². The van der Waals surface area contributed by atoms with Gasteiger partial charge in [0.25, 0.3) is 11.8 Å². The molecule has 3 amide bonds. The van der Waals surface area contributed by atoms with Gasteiger partial charge in [0.15, 0.2) is 0 Å². The van der Waals surface area contributed by atoms with Crippen molar-refractivity contribution in [1.29, 1.82) is 0 Å². The number of halogens is 2. The Morgan fingerprint density at radius 3 is 2.56 bits per heavy atom. The molecule has 0 atom stereocenters. The highest BCUT2D eigenvalue weighted by Crippen LogP contribution is 2.27. The molecule has 3 N–H and O–H groups in total. The van der Waals surface area contributed by atoms with Crippen LogP contribution in [0.4, 0.5) is 19.3 Å². The van der Waals surface area contributed by atoms with E-state index in [9.17, 15) is 18.4 Å². The molecule has 5 rings (SSSR count). The number of fused-ring (bicyclic) bond motifs is 1. The van der Waals surface area contributed by atoms with Gasteiger partial charge in [-0.05, 0) is 53.6 Å². The van der Waals surface area contributed by atoms with Gasteiger partial charge in [0, 0.05) is 50.0 Å². The maximum absolute atomic E-state index is 13.0. The summed E-state index contributed by atoms with van der Waals surface area (Å²) >= 11 is 0. The molecule has 0 spiro atoms. The van der Waals surface area contributed by atoms with Gasteiger partial charge in [-0.25, -0.2) is 18.6 Å². The third-order valence-electron chi connectivity index (χ3n) is 6.76. The Morgan fingerprint density at radius 2 is 1.76 bits per heavy atom. The SMILES string of the molecule is CC(F)(F)CNC(=O)Nc1cccc(-n2cnc3cc(-c4cccc(C(=O)NCCN5CCOCC5)c4)ccc32)c1. The van der Waals surface area contributed by atoms with Crippen LogP contribution in [0.25, 0.3) is 27.8 Å². The number of benzene rings is 3. The number of carbonyl (C=O) groups is 2. The van der Waals surface area contributed by atoms with Crippen LogP contribution in [0.5, 0.6) is 0 Å². The number of rotatable bonds is 9. The van der Waals surface area contributed by atoms with E-state index in [-0.39, 0.29) is 5.91 Å². The molecule has 0 saturated carbocycles. The standard InChI is InChI=1S/C30H32F2N6O3/c1-30(31,32)19-34-29(40)36-24-6-3-7-25(18-24)38-20-35-26-17-22(8-9-27(26)38)21-4-2-5-23(16-21)28(39)33-10-11-37-12-14-41-15-13-37/h2-9,16-18,20H,10-15,19H2,1H3,(H,33,39)(H2,34,36,40). The highest BCUT2D eigenvalue weighted by Gasteiger charge is 2.21. The number of amides is 3. The lowest BCUT2D eigenvalue weighted by Gasteiger charge is -2.26. The van der Waals surface area contributed by atoms with Crippen molar-refractivity contribution in [1.82, 2.24) is 25.1 Å². The molecular weight excluding hydrogens is 530 g/mol. The van der Waals surface area contributed by atoms with Crippen molar-refractivity contribution < 1.29 is 23.1 Å². The van der Waals surface area contributed by atoms with Crippen LogP contribution in [0.2, 0.25) is 0 Å². The zero-order valence-electron chi connectivity index (χ0n) is 22.7. The van der Waals surface area contributed by atoms with Crippen LogP contribution in [-0.4, -0.2) is 78.2 Å². The second-order valence-corrected chi connectivity index (χ2v) is 10.0. The molecule has 4 aromatic rings. The molecule has 2 heterocycles. The Labute approximate surface area is 236 Å². The molecule has 214 valence electrons. The van der Waals surface area contributed by atoms with Crippen molar-refractivity contribution in [3.8, 4) is 16.8 Å². The number of alkyl halides is 2. The number of anilines is 1. The summed E-state index contributed by atoms with van der Waals surface area (Å²) < 4.78 is 33.3. The number of carbonyl (C=O) groups excluding carboxylic acids is 2. The van der Waals surface area contributed by atoms with Gasteiger partial charge < -0.3 is 20.7 Å². The summed E-state index contributed by atoms with van der Waals surface area (Å²) in [5.41, 5.74) is 5.21. The molecule has 41 heavy (non-hydrogen) atoms. The molecule has 0 unspecified atom stereocenters. The highest BCUT2D eigenvalue weighted by atomic mass is 19.3. The van der Waals surface area contributed by atoms with Crippen molar-refractivity contribution in [2.75, 3.05) is 51.3 Å². The summed E-state index contributed by atoms with van der Waals surface area (Å²) in [6.07, 6.45) is 1.68. The molecule has 9 nitrogen and oxygen atoms in total. The van der Waals surface area contributed by atoms with Crippen molar-refractivity contribution in [3.05, 3.63) is 78.6 Å². The van der Waals surface area contributed by atoms with Crippen molar-refractivity contribution in [3.63, 3.8) is 0 Å². The monoisotopic (exact) mass is 562 g/mol. The zero-order chi connectivity index (χ0) is 28.8. The molecule has 0 bridgehead atoms. The van der Waals surface area contributed by atoms with Gasteiger partial charge in [-0.15, -0.1) is 0 Å². The Hall–Kier alpha value is -4.35. The van der Waals surface area contributed by atoms with E-state index in [2.05, 4.69) is 25.8 Å². The largest absolute Gasteiger partial charge is 0.379 e. The van der Waals surface area contributed by atoms with E-state index >= 15 is 0 Å². The van der Waals surface area contributed by atoms with E-state index in [1.54, 1.807) is 30.6 Å². The molecule has 1 aliphatic rings. The average Bonchev–Trinajstić information content (AvgIpc) is 3.40. The summed E-state index contributed by atoms with van der Waals surface area (Å²) in [7, 11) is 0. The fourth-order valence-corrected chi connectivity index (χ4v) is 4.64. The highest BCUT2D eigenvalue weighted by molar-refractivity contribution is 5.96. The number of urea groups is 1. The molecule has 0 radical (unpaired) electrons. The quantitative estimate of drug-likeness (QED) is 0.278. The number of aromatic nitrogens is 2. The summed E-state index contributed by atoms with van der Waals surface area (Å²) in [5.74, 6) is -3.11. The van der Waals surface area contributed by atoms with Crippen LogP contribution in [0.1, 0.15) is 17.3 Å². The first-order chi connectivity index (χ1) is 19.7. The van der Waals surface area contributed by atoms with Gasteiger partial charge in [0.1, 0.15) is 6.33 Å². The minimum Gasteiger partial charge on any atom is -0.379 e. The van der Waals surface area contributed by atoms with Crippen LogP contribution >= 0.6 is 0 Å². The number of nitrogens with one attached hydrogen (secondary N) is 3. The summed E-state index contributed by atoms with van der Waals surface area (Å²) in [6, 6.07) is 19.7. The van der Waals surface area contributed by atoms with Crippen molar-refractivity contribution in [2.45, 2.75) is 12.8 Å². The van der Waals surface area contributed by atoms with Crippen molar-refractivity contribution >= 4 is 28.7 Å². The number of ether oxygens (including phenoxy) is 1. The summed E-state index contributed by atoms with van der Waals surface area (Å²) in [4.78, 5) is 31.6. The third kappa shape index (κ3) is 7.44. The second-order valence-electron chi connectivity index (χ2n) is 10.0. The molecule has 3 aromatic carbocycles. The van der Waals surface area contributed by atoms with Gasteiger partial charge in [-0.1, -0.05) is 24.3 Å². The Bertz CT molecular complexity index is 1530. The van der Waals surface area contributed by atoms with Gasteiger partial charge in [-0.2, -0.15) is 0 Å². The van der Waals surface area contributed by atoms with Crippen LogP contribution in [0, 0.1) is 0 Å². The maximum Gasteiger partial charge on any atom is 0.319 e. The Morgan fingerprint density at radius 1 is 0.976 bits per heavy atom. The summed E-state index contributed by atoms with van der Waals surface area (Å²) in [5, 5.41) is 7.75. The lowest BCUT2D eigenvalue weighted by Crippen LogP contribution is -2.41. The minimum atomic E-state index is -3.00. The lowest BCUT2D eigenvalue weighted by molar-refractivity contribution is 0.0257. The topological polar surface area (TPSA) is 101 Å². The first kappa shape index (κ1) is 28.2. The zero-order valence-corrected chi connectivity index (χ0v) is 22.7. The molecule has 1 fully saturated rings. The second kappa shape index (κ2) is 12.4. The minimum absolute atomic E-state index is 0.115. The lowest BCUT2D eigenvalue weighted by atomic mass is 10.0. The smallest absolute Gasteiger partial charge is 0.319 e. The number of nitrogens with zero attached hydrogens (tertiary/aromatic N) is 3. The first-order valence-corrected chi connectivity index (χ1v) is 13.4. The van der Waals surface area contributed by atoms with Gasteiger partial charge in [0.05, 0.1) is 30.8 Å². The molecule has 0 aliphatic carbocycles. The Kier molecular flexibility index (Phi) is 8.55. The fourth-order valence-electron chi connectivity index (χ4n) is 4.64. The Balaban J connectivity index is 1.27. The van der Waals surface area contributed by atoms with Gasteiger partial charge in [-0.3, -0.25) is 14.3 Å². The van der Waals surface area contributed by atoms with Gasteiger partial charge in [0.2, 0.25) is 0 Å². The van der Waals surface area contributed by atoms with Crippen molar-refractivity contribution in [2.24, 2.45) is 0 Å². The van der Waals surface area contributed by atoms with Crippen LogP contribution in [0.15, 0.2) is 73.1 Å². The average molecular weight is 563 g/mol. The predicted octanol–water partition coefficient (Wildman–Crippen LogP) is 4.53. The molecule has 1 aliphatic heterocycles. The predicted molar refractivity (Wildman–Crippen MR) is 154 cm³/mol. The first-order valence-electron chi connectivity index (χ1n) is 13.4. The van der Waals surface area contributed by atoms with Crippen LogP contribution in [-0.2, 0) is 4.74 Å². The number of imidazole rings is 1. The van der Waals surface area contributed by atoms with Crippen LogP contribution < -0.4 is 16.0 Å². The molecule has 1 saturated heterocycles. The molecule has 1 aromatic heterocycles. The van der Waals surface area contributed by atoms with E-state index in [1.807, 2.05) is 47.0 Å². The fraction of sp³-hybridized carbons (Fsp3) is 0.300.